The topological polar surface area (TPSA) is 192 Å². The number of rotatable bonds is 8. The second-order valence-corrected chi connectivity index (χ2v) is 20.0. The molecule has 16 heteroatoms. The zero-order valence-electron chi connectivity index (χ0n) is 33.0. The average Bonchev–Trinajstić information content (AvgIpc) is 4.14. The van der Waals surface area contributed by atoms with Crippen molar-refractivity contribution in [2.24, 2.45) is 23.2 Å². The van der Waals surface area contributed by atoms with Crippen molar-refractivity contribution < 1.29 is 46.5 Å². The minimum Gasteiger partial charge on any atom is -0.486 e. The van der Waals surface area contributed by atoms with Crippen LogP contribution in [-0.2, 0) is 29.1 Å². The molecule has 2 aromatic rings. The Kier molecular flexibility index (Phi) is 10.1. The minimum atomic E-state index is -4.00. The van der Waals surface area contributed by atoms with Crippen LogP contribution in [0.5, 0.6) is 17.4 Å². The number of carbonyl (C=O) groups is 4. The van der Waals surface area contributed by atoms with E-state index in [2.05, 4.69) is 27.3 Å². The maximum absolute atomic E-state index is 14.9. The Balaban J connectivity index is 1.11. The van der Waals surface area contributed by atoms with Crippen LogP contribution in [0, 0.1) is 23.2 Å². The van der Waals surface area contributed by atoms with E-state index < -0.39 is 68.2 Å². The number of nitrogens with one attached hydrogen (secondary N) is 3. The second kappa shape index (κ2) is 14.7. The summed E-state index contributed by atoms with van der Waals surface area (Å²) in [5, 5.41) is 7.17. The van der Waals surface area contributed by atoms with E-state index in [0.717, 1.165) is 24.6 Å². The first kappa shape index (κ1) is 39.2. The molecule has 0 spiro atoms. The molecule has 6 aliphatic rings. The molecule has 3 saturated carbocycles. The summed E-state index contributed by atoms with van der Waals surface area (Å²) in [4.78, 5) is 62.6. The summed E-state index contributed by atoms with van der Waals surface area (Å²) in [7, 11) is -4.00. The van der Waals surface area contributed by atoms with Gasteiger partial charge in [-0.2, -0.15) is 0 Å². The first-order chi connectivity index (χ1) is 27.1. The Morgan fingerprint density at radius 3 is 2.56 bits per heavy atom. The lowest BCUT2D eigenvalue weighted by molar-refractivity contribution is -0.142. The van der Waals surface area contributed by atoms with Gasteiger partial charge in [-0.3, -0.25) is 19.1 Å². The Morgan fingerprint density at radius 1 is 1.04 bits per heavy atom. The highest BCUT2D eigenvalue weighted by Gasteiger charge is 2.63. The molecule has 3 N–H and O–H groups in total. The highest BCUT2D eigenvalue weighted by molar-refractivity contribution is 7.91. The Bertz CT molecular complexity index is 2100. The summed E-state index contributed by atoms with van der Waals surface area (Å²) in [6.45, 7) is 8.67. The third kappa shape index (κ3) is 7.85. The molecule has 3 aliphatic carbocycles. The summed E-state index contributed by atoms with van der Waals surface area (Å²) in [6, 6.07) is 3.26. The molecule has 3 aliphatic heterocycles. The van der Waals surface area contributed by atoms with Crippen molar-refractivity contribution in [1.29, 1.82) is 0 Å². The van der Waals surface area contributed by atoms with Gasteiger partial charge in [0.05, 0.1) is 17.9 Å². The fourth-order valence-corrected chi connectivity index (χ4v) is 9.67. The van der Waals surface area contributed by atoms with Crippen LogP contribution in [0.4, 0.5) is 4.79 Å². The quantitative estimate of drug-likeness (QED) is 0.325. The van der Waals surface area contributed by atoms with E-state index in [0.29, 0.717) is 55.8 Å². The number of sulfonamides is 1. The molecule has 0 radical (unpaired) electrons. The van der Waals surface area contributed by atoms with Crippen LogP contribution in [0.3, 0.4) is 0 Å². The fraction of sp³-hybridized carbons (Fsp3) is 0.634. The summed E-state index contributed by atoms with van der Waals surface area (Å²) in [5.41, 5.74) is -1.59. The minimum absolute atomic E-state index is 0.0254. The van der Waals surface area contributed by atoms with Crippen molar-refractivity contribution in [3.8, 4) is 17.4 Å². The van der Waals surface area contributed by atoms with Gasteiger partial charge in [-0.1, -0.05) is 32.9 Å². The molecule has 4 fully saturated rings. The van der Waals surface area contributed by atoms with E-state index in [1.54, 1.807) is 25.3 Å². The molecule has 15 nitrogen and oxygen atoms in total. The van der Waals surface area contributed by atoms with Gasteiger partial charge in [0.1, 0.15) is 36.9 Å². The maximum atomic E-state index is 14.9. The van der Waals surface area contributed by atoms with Crippen LogP contribution in [0.15, 0.2) is 36.5 Å². The normalized spacial score (nSPS) is 32.0. The smallest absolute Gasteiger partial charge is 0.407 e. The van der Waals surface area contributed by atoms with Crippen LogP contribution in [0.2, 0.25) is 0 Å². The molecule has 0 bridgehead atoms. The maximum Gasteiger partial charge on any atom is 0.407 e. The molecule has 308 valence electrons. The average molecular weight is 808 g/mol. The van der Waals surface area contributed by atoms with Gasteiger partial charge in [0.15, 0.2) is 11.5 Å². The fourth-order valence-electron chi connectivity index (χ4n) is 8.35. The van der Waals surface area contributed by atoms with Gasteiger partial charge >= 0.3 is 6.09 Å². The van der Waals surface area contributed by atoms with Gasteiger partial charge < -0.3 is 34.5 Å². The zero-order chi connectivity index (χ0) is 40.3. The van der Waals surface area contributed by atoms with E-state index in [4.69, 9.17) is 18.9 Å². The van der Waals surface area contributed by atoms with E-state index in [-0.39, 0.29) is 49.1 Å². The van der Waals surface area contributed by atoms with Crippen LogP contribution < -0.4 is 29.6 Å². The number of nitrogens with zero attached hydrogens (tertiary/aromatic N) is 2. The predicted octanol–water partition coefficient (Wildman–Crippen LogP) is 4.13. The lowest BCUT2D eigenvalue weighted by atomic mass is 9.88. The number of carbonyl (C=O) groups excluding carboxylic acids is 4. The summed E-state index contributed by atoms with van der Waals surface area (Å²) >= 11 is 0. The molecular formula is C41H53N5O10S. The molecule has 0 unspecified atom stereocenters. The number of ether oxygens (including phenoxy) is 4. The monoisotopic (exact) mass is 807 g/mol. The number of allylic oxidation sites excluding steroid dienone is 1. The number of benzene rings is 1. The Labute approximate surface area is 333 Å². The molecule has 8 rings (SSSR count). The third-order valence-electron chi connectivity index (χ3n) is 12.9. The number of alkyl carbamates (subject to hydrolysis) is 1. The summed E-state index contributed by atoms with van der Waals surface area (Å²) in [5.74, 6) is -1.06. The van der Waals surface area contributed by atoms with Gasteiger partial charge in [0.25, 0.3) is 5.91 Å². The standard InChI is InChI=1S/C41H53N5O10S/c1-24-7-5-6-8-26-21-41(26,37(49)45-57(51,52)40(4)14-15-40)44-34(47)30-20-27(56-35-29-9-10-31-33(54-18-17-53-31)28(29)11-16-42-35)22-46(30)36(48)32(25(2)19-24)43-38(50)55-23-39(3)12-13-39/h6,8-11,16,24-27,30,32H,5,7,12-15,17-23H2,1-4H3,(H,43,50)(H,44,47)(H,45,49)/b8-6-/t24-,25+,26+,27+,30-,32-,41+/m0/s1. The van der Waals surface area contributed by atoms with Gasteiger partial charge in [0.2, 0.25) is 27.7 Å². The molecule has 4 amide bonds. The predicted molar refractivity (Wildman–Crippen MR) is 208 cm³/mol. The van der Waals surface area contributed by atoms with E-state index in [1.165, 1.54) is 4.90 Å². The highest BCUT2D eigenvalue weighted by Crippen LogP contribution is 2.48. The van der Waals surface area contributed by atoms with Crippen molar-refractivity contribution in [1.82, 2.24) is 25.2 Å². The summed E-state index contributed by atoms with van der Waals surface area (Å²) < 4.78 is 51.5. The van der Waals surface area contributed by atoms with Crippen molar-refractivity contribution in [2.45, 2.75) is 114 Å². The Morgan fingerprint density at radius 2 is 1.81 bits per heavy atom. The lowest BCUT2D eigenvalue weighted by Gasteiger charge is -2.32. The molecular weight excluding hydrogens is 755 g/mol. The molecule has 57 heavy (non-hydrogen) atoms. The number of amides is 4. The molecule has 1 aromatic heterocycles. The van der Waals surface area contributed by atoms with Gasteiger partial charge in [-0.15, -0.1) is 0 Å². The van der Waals surface area contributed by atoms with E-state index >= 15 is 0 Å². The molecule has 4 heterocycles. The molecule has 1 aromatic carbocycles. The second-order valence-electron chi connectivity index (χ2n) is 17.8. The van der Waals surface area contributed by atoms with Gasteiger partial charge in [-0.05, 0) is 88.3 Å². The number of aromatic nitrogens is 1. The number of hydrogen-bond donors (Lipinski definition) is 3. The SMILES string of the molecule is C[C@H]1CC/C=C\[C@@H]2C[C@@]2(C(=O)NS(=O)(=O)C2(C)CC2)NC(=O)[C@@H]2C[C@@H](Oc3nccc4c5c(ccc34)OCCO5)CN2C(=O)[C@@H](NC(=O)OCC2(C)CC2)[C@H](C)C1. The lowest BCUT2D eigenvalue weighted by Crippen LogP contribution is -2.59. The van der Waals surface area contributed by atoms with Crippen molar-refractivity contribution >= 4 is 44.6 Å². The van der Waals surface area contributed by atoms with Crippen molar-refractivity contribution in [3.05, 3.63) is 36.5 Å². The molecule has 7 atom stereocenters. The third-order valence-corrected chi connectivity index (χ3v) is 15.0. The van der Waals surface area contributed by atoms with E-state index in [9.17, 15) is 27.6 Å². The largest absolute Gasteiger partial charge is 0.486 e. The summed E-state index contributed by atoms with van der Waals surface area (Å²) in [6.07, 6.45) is 9.10. The number of hydrogen-bond acceptors (Lipinski definition) is 11. The molecule has 1 saturated heterocycles. The van der Waals surface area contributed by atoms with Crippen LogP contribution in [0.1, 0.15) is 85.5 Å². The van der Waals surface area contributed by atoms with Crippen LogP contribution in [-0.4, -0.2) is 97.0 Å². The number of fused-ring (bicyclic) bond motifs is 5. The van der Waals surface area contributed by atoms with Gasteiger partial charge in [-0.25, -0.2) is 18.2 Å². The van der Waals surface area contributed by atoms with Crippen LogP contribution >= 0.6 is 0 Å². The van der Waals surface area contributed by atoms with Crippen LogP contribution in [0.25, 0.3) is 10.8 Å². The van der Waals surface area contributed by atoms with Crippen molar-refractivity contribution in [2.75, 3.05) is 26.4 Å². The first-order valence-corrected chi connectivity index (χ1v) is 21.7. The first-order valence-electron chi connectivity index (χ1n) is 20.2. The number of pyridine rings is 1. The Hall–Kier alpha value is -4.60. The highest BCUT2D eigenvalue weighted by atomic mass is 32.2. The zero-order valence-corrected chi connectivity index (χ0v) is 33.8. The van der Waals surface area contributed by atoms with E-state index in [1.807, 2.05) is 32.1 Å². The van der Waals surface area contributed by atoms with Gasteiger partial charge in [0, 0.05) is 34.7 Å². The van der Waals surface area contributed by atoms with Crippen molar-refractivity contribution in [3.63, 3.8) is 0 Å².